The van der Waals surface area contributed by atoms with Crippen LogP contribution in [0.1, 0.15) is 105 Å². The molecule has 28 heavy (non-hydrogen) atoms. The standard InChI is InChI=1S/C27H44O/c1-18(2)9-8-10-19(3)21-12-13-22-20-17-25(28)24-11-6-7-15-26(24,4)23(20)14-16-27(21,22)5/h11,18-23H,6-10,12-17H2,1-5H3/t19-,20-,21+,22-,23-,26+,27+/m0/s1. The molecule has 1 heteroatoms. The second-order valence-electron chi connectivity index (χ2n) is 12.0. The zero-order chi connectivity index (χ0) is 20.1. The van der Waals surface area contributed by atoms with Crippen LogP contribution in [-0.2, 0) is 4.79 Å². The van der Waals surface area contributed by atoms with Crippen molar-refractivity contribution in [1.82, 2.24) is 0 Å². The van der Waals surface area contributed by atoms with Crippen LogP contribution in [0.5, 0.6) is 0 Å². The highest BCUT2D eigenvalue weighted by Crippen LogP contribution is 2.67. The fraction of sp³-hybridized carbons (Fsp3) is 0.889. The van der Waals surface area contributed by atoms with E-state index in [4.69, 9.17) is 0 Å². The van der Waals surface area contributed by atoms with Gasteiger partial charge in [0.1, 0.15) is 0 Å². The van der Waals surface area contributed by atoms with Crippen molar-refractivity contribution in [3.63, 3.8) is 0 Å². The maximum atomic E-state index is 13.1. The molecule has 3 fully saturated rings. The molecule has 0 aromatic carbocycles. The van der Waals surface area contributed by atoms with Crippen molar-refractivity contribution >= 4 is 5.78 Å². The summed E-state index contributed by atoms with van der Waals surface area (Å²) >= 11 is 0. The Morgan fingerprint density at radius 1 is 1.04 bits per heavy atom. The van der Waals surface area contributed by atoms with Crippen molar-refractivity contribution in [1.29, 1.82) is 0 Å². The average molecular weight is 385 g/mol. The van der Waals surface area contributed by atoms with Crippen LogP contribution in [0, 0.1) is 46.3 Å². The van der Waals surface area contributed by atoms with E-state index in [1.807, 2.05) is 0 Å². The number of carbonyl (C=O) groups is 1. The zero-order valence-corrected chi connectivity index (χ0v) is 19.2. The minimum absolute atomic E-state index is 0.195. The molecular formula is C27H44O. The Morgan fingerprint density at radius 3 is 2.57 bits per heavy atom. The van der Waals surface area contributed by atoms with Crippen LogP contribution in [0.15, 0.2) is 11.6 Å². The van der Waals surface area contributed by atoms with E-state index in [1.165, 1.54) is 63.4 Å². The van der Waals surface area contributed by atoms with E-state index in [0.717, 1.165) is 42.4 Å². The third kappa shape index (κ3) is 3.24. The number of ketones is 1. The van der Waals surface area contributed by atoms with Gasteiger partial charge in [-0.05, 0) is 96.9 Å². The summed E-state index contributed by atoms with van der Waals surface area (Å²) in [5.41, 5.74) is 1.92. The van der Waals surface area contributed by atoms with Crippen molar-refractivity contribution in [3.05, 3.63) is 11.6 Å². The van der Waals surface area contributed by atoms with Crippen LogP contribution in [0.4, 0.5) is 0 Å². The molecule has 0 unspecified atom stereocenters. The Balaban J connectivity index is 1.52. The normalized spacial score (nSPS) is 43.9. The Hall–Kier alpha value is -0.590. The molecule has 0 saturated heterocycles. The Labute approximate surface area is 174 Å². The smallest absolute Gasteiger partial charge is 0.159 e. The fourth-order valence-electron chi connectivity index (χ4n) is 8.61. The predicted molar refractivity (Wildman–Crippen MR) is 118 cm³/mol. The van der Waals surface area contributed by atoms with E-state index in [9.17, 15) is 4.79 Å². The van der Waals surface area contributed by atoms with Crippen molar-refractivity contribution in [3.8, 4) is 0 Å². The highest BCUT2D eigenvalue weighted by molar-refractivity contribution is 5.98. The van der Waals surface area contributed by atoms with Crippen LogP contribution >= 0.6 is 0 Å². The van der Waals surface area contributed by atoms with Gasteiger partial charge in [-0.2, -0.15) is 0 Å². The van der Waals surface area contributed by atoms with Gasteiger partial charge in [-0.25, -0.2) is 0 Å². The number of fused-ring (bicyclic) bond motifs is 5. The number of allylic oxidation sites excluding steroid dienone is 2. The third-order valence-electron chi connectivity index (χ3n) is 10.0. The summed E-state index contributed by atoms with van der Waals surface area (Å²) in [6, 6.07) is 0. The lowest BCUT2D eigenvalue weighted by atomic mass is 9.46. The number of hydrogen-bond donors (Lipinski definition) is 0. The number of rotatable bonds is 5. The van der Waals surface area contributed by atoms with Gasteiger partial charge in [-0.15, -0.1) is 0 Å². The minimum Gasteiger partial charge on any atom is -0.295 e. The van der Waals surface area contributed by atoms with Gasteiger partial charge in [0.05, 0.1) is 0 Å². The lowest BCUT2D eigenvalue weighted by Crippen LogP contribution is -2.52. The molecule has 0 heterocycles. The van der Waals surface area contributed by atoms with E-state index >= 15 is 0 Å². The van der Waals surface area contributed by atoms with Crippen molar-refractivity contribution in [2.24, 2.45) is 46.3 Å². The van der Waals surface area contributed by atoms with Crippen LogP contribution in [0.25, 0.3) is 0 Å². The Bertz CT molecular complexity index is 630. The molecule has 0 N–H and O–H groups in total. The van der Waals surface area contributed by atoms with Crippen LogP contribution < -0.4 is 0 Å². The highest BCUT2D eigenvalue weighted by atomic mass is 16.1. The van der Waals surface area contributed by atoms with Gasteiger partial charge in [-0.3, -0.25) is 4.79 Å². The van der Waals surface area contributed by atoms with Gasteiger partial charge >= 0.3 is 0 Å². The first-order valence-corrected chi connectivity index (χ1v) is 12.5. The Morgan fingerprint density at radius 2 is 1.82 bits per heavy atom. The van der Waals surface area contributed by atoms with Crippen LogP contribution in [0.2, 0.25) is 0 Å². The maximum Gasteiger partial charge on any atom is 0.159 e. The summed E-state index contributed by atoms with van der Waals surface area (Å²) in [5.74, 6) is 5.32. The topological polar surface area (TPSA) is 17.1 Å². The molecule has 4 rings (SSSR count). The van der Waals surface area contributed by atoms with Crippen LogP contribution in [-0.4, -0.2) is 5.78 Å². The van der Waals surface area contributed by atoms with Gasteiger partial charge < -0.3 is 0 Å². The monoisotopic (exact) mass is 384 g/mol. The molecule has 158 valence electrons. The van der Waals surface area contributed by atoms with Gasteiger partial charge in [0.25, 0.3) is 0 Å². The number of hydrogen-bond acceptors (Lipinski definition) is 1. The summed E-state index contributed by atoms with van der Waals surface area (Å²) in [4.78, 5) is 13.1. The Kier molecular flexibility index (Phi) is 5.60. The SMILES string of the molecule is CC(C)CCC[C@H](C)[C@H]1CC[C@H]2[C@@H]3CC(=O)C4=CCCC[C@]4(C)[C@H]3CC[C@]12C. The zero-order valence-electron chi connectivity index (χ0n) is 19.2. The molecule has 0 aromatic rings. The molecule has 0 aromatic heterocycles. The summed E-state index contributed by atoms with van der Waals surface area (Å²) in [6.07, 6.45) is 16.6. The minimum atomic E-state index is 0.195. The molecule has 4 aliphatic carbocycles. The third-order valence-corrected chi connectivity index (χ3v) is 10.0. The van der Waals surface area contributed by atoms with E-state index in [1.54, 1.807) is 0 Å². The summed E-state index contributed by atoms with van der Waals surface area (Å²) in [7, 11) is 0. The fourth-order valence-corrected chi connectivity index (χ4v) is 8.61. The van der Waals surface area contributed by atoms with Gasteiger partial charge in [-0.1, -0.05) is 60.0 Å². The molecule has 0 radical (unpaired) electrons. The predicted octanol–water partition coefficient (Wildman–Crippen LogP) is 7.60. The lowest BCUT2D eigenvalue weighted by molar-refractivity contribution is -0.129. The molecule has 0 aliphatic heterocycles. The summed E-state index contributed by atoms with van der Waals surface area (Å²) < 4.78 is 0. The molecule has 0 amide bonds. The van der Waals surface area contributed by atoms with Gasteiger partial charge in [0.15, 0.2) is 5.78 Å². The molecular weight excluding hydrogens is 340 g/mol. The number of carbonyl (C=O) groups excluding carboxylic acids is 1. The first-order chi connectivity index (χ1) is 13.3. The second kappa shape index (κ2) is 7.59. The van der Waals surface area contributed by atoms with Crippen molar-refractivity contribution in [2.45, 2.75) is 105 Å². The van der Waals surface area contributed by atoms with Gasteiger partial charge in [0.2, 0.25) is 0 Å². The second-order valence-corrected chi connectivity index (χ2v) is 12.0. The highest BCUT2D eigenvalue weighted by Gasteiger charge is 2.60. The van der Waals surface area contributed by atoms with Crippen LogP contribution in [0.3, 0.4) is 0 Å². The largest absolute Gasteiger partial charge is 0.295 e. The number of Topliss-reactive ketones (excluding diaryl/α,β-unsaturated/α-hetero) is 1. The molecule has 4 aliphatic rings. The summed E-state index contributed by atoms with van der Waals surface area (Å²) in [5, 5.41) is 0. The quantitative estimate of drug-likeness (QED) is 0.477. The maximum absolute atomic E-state index is 13.1. The summed E-state index contributed by atoms with van der Waals surface area (Å²) in [6.45, 7) is 12.3. The van der Waals surface area contributed by atoms with E-state index in [2.05, 4.69) is 40.7 Å². The molecule has 0 spiro atoms. The molecule has 0 bridgehead atoms. The van der Waals surface area contributed by atoms with E-state index < -0.39 is 0 Å². The van der Waals surface area contributed by atoms with E-state index in [-0.39, 0.29) is 5.41 Å². The molecule has 1 nitrogen and oxygen atoms in total. The van der Waals surface area contributed by atoms with Gasteiger partial charge in [0, 0.05) is 6.42 Å². The van der Waals surface area contributed by atoms with E-state index in [0.29, 0.717) is 17.1 Å². The lowest BCUT2D eigenvalue weighted by Gasteiger charge is -2.58. The molecule has 7 atom stereocenters. The molecule has 3 saturated carbocycles. The first-order valence-electron chi connectivity index (χ1n) is 12.5. The average Bonchev–Trinajstić information content (AvgIpc) is 2.99. The van der Waals surface area contributed by atoms with Crippen molar-refractivity contribution < 1.29 is 4.79 Å². The van der Waals surface area contributed by atoms with Crippen molar-refractivity contribution in [2.75, 3.05) is 0 Å². The first kappa shape index (κ1) is 20.7.